The molecule has 2 rings (SSSR count). The van der Waals surface area contributed by atoms with Crippen LogP contribution in [-0.2, 0) is 17.8 Å². The molecular weight excluding hydrogens is 252 g/mol. The van der Waals surface area contributed by atoms with Crippen molar-refractivity contribution in [2.75, 3.05) is 13.6 Å². The molecule has 0 spiro atoms. The van der Waals surface area contributed by atoms with Crippen molar-refractivity contribution in [1.29, 1.82) is 0 Å². The summed E-state index contributed by atoms with van der Waals surface area (Å²) in [6.07, 6.45) is 3.20. The molecule has 0 aliphatic heterocycles. The summed E-state index contributed by atoms with van der Waals surface area (Å²) in [5, 5.41) is 6.92. The zero-order valence-electron chi connectivity index (χ0n) is 12.2. The van der Waals surface area contributed by atoms with Crippen LogP contribution in [0.15, 0.2) is 28.7 Å². The lowest BCUT2D eigenvalue weighted by molar-refractivity contribution is -0.119. The van der Waals surface area contributed by atoms with Gasteiger partial charge in [-0.1, -0.05) is 31.5 Å². The molecule has 0 atom stereocenters. The quantitative estimate of drug-likeness (QED) is 0.816. The van der Waals surface area contributed by atoms with Crippen molar-refractivity contribution in [3.05, 3.63) is 35.6 Å². The number of carbonyl (C=O) groups excluding carboxylic acids is 1. The van der Waals surface area contributed by atoms with E-state index in [1.807, 2.05) is 18.2 Å². The van der Waals surface area contributed by atoms with Crippen molar-refractivity contribution in [2.45, 2.75) is 32.7 Å². The summed E-state index contributed by atoms with van der Waals surface area (Å²) in [6, 6.07) is 8.07. The molecule has 2 N–H and O–H groups in total. The van der Waals surface area contributed by atoms with Crippen molar-refractivity contribution < 1.29 is 9.21 Å². The Morgan fingerprint density at radius 3 is 2.85 bits per heavy atom. The van der Waals surface area contributed by atoms with E-state index in [0.717, 1.165) is 36.0 Å². The van der Waals surface area contributed by atoms with E-state index in [9.17, 15) is 4.79 Å². The molecule has 0 fully saturated rings. The number of carbonyl (C=O) groups is 1. The molecule has 1 aromatic carbocycles. The van der Waals surface area contributed by atoms with E-state index in [4.69, 9.17) is 4.42 Å². The Balaban J connectivity index is 2.17. The van der Waals surface area contributed by atoms with Crippen LogP contribution in [-0.4, -0.2) is 19.5 Å². The Morgan fingerprint density at radius 1 is 1.30 bits per heavy atom. The van der Waals surface area contributed by atoms with Crippen LogP contribution in [0.25, 0.3) is 11.0 Å². The zero-order chi connectivity index (χ0) is 14.4. The third kappa shape index (κ3) is 3.39. The van der Waals surface area contributed by atoms with Crippen LogP contribution in [0, 0.1) is 0 Å². The number of unbranched alkanes of at least 4 members (excludes halogenated alkanes) is 1. The number of hydrogen-bond acceptors (Lipinski definition) is 3. The number of likely N-dealkylation sites (N-methyl/N-ethyl adjacent to an activating group) is 1. The lowest BCUT2D eigenvalue weighted by Gasteiger charge is -2.05. The monoisotopic (exact) mass is 274 g/mol. The van der Waals surface area contributed by atoms with E-state index >= 15 is 0 Å². The van der Waals surface area contributed by atoms with Gasteiger partial charge < -0.3 is 15.1 Å². The third-order valence-electron chi connectivity index (χ3n) is 3.41. The van der Waals surface area contributed by atoms with Gasteiger partial charge in [0, 0.05) is 31.0 Å². The number of rotatable bonds is 7. The van der Waals surface area contributed by atoms with Crippen LogP contribution >= 0.6 is 0 Å². The van der Waals surface area contributed by atoms with Gasteiger partial charge in [-0.25, -0.2) is 0 Å². The molecule has 0 bridgehead atoms. The van der Waals surface area contributed by atoms with Crippen LogP contribution < -0.4 is 10.6 Å². The fourth-order valence-corrected chi connectivity index (χ4v) is 2.27. The molecule has 1 amide bonds. The second-order valence-electron chi connectivity index (χ2n) is 4.88. The molecule has 0 radical (unpaired) electrons. The van der Waals surface area contributed by atoms with Crippen LogP contribution in [0.3, 0.4) is 0 Å². The SMILES string of the molecule is CCCCc1oc2ccccc2c1CNCC(=O)NC. The molecule has 1 heterocycles. The first-order valence-corrected chi connectivity index (χ1v) is 7.16. The topological polar surface area (TPSA) is 54.3 Å². The summed E-state index contributed by atoms with van der Waals surface area (Å²) in [6.45, 7) is 3.15. The maximum atomic E-state index is 11.3. The minimum atomic E-state index is -0.00657. The average molecular weight is 274 g/mol. The van der Waals surface area contributed by atoms with Gasteiger partial charge in [0.05, 0.1) is 6.54 Å². The van der Waals surface area contributed by atoms with Gasteiger partial charge in [-0.05, 0) is 12.5 Å². The summed E-state index contributed by atoms with van der Waals surface area (Å²) in [5.74, 6) is 1.03. The van der Waals surface area contributed by atoms with Gasteiger partial charge >= 0.3 is 0 Å². The molecule has 1 aromatic heterocycles. The fraction of sp³-hybridized carbons (Fsp3) is 0.438. The fourth-order valence-electron chi connectivity index (χ4n) is 2.27. The Morgan fingerprint density at radius 2 is 2.10 bits per heavy atom. The maximum absolute atomic E-state index is 11.3. The Hall–Kier alpha value is -1.81. The summed E-state index contributed by atoms with van der Waals surface area (Å²) < 4.78 is 5.94. The number of hydrogen-bond donors (Lipinski definition) is 2. The van der Waals surface area contributed by atoms with Gasteiger partial charge in [-0.15, -0.1) is 0 Å². The molecule has 0 unspecified atom stereocenters. The lowest BCUT2D eigenvalue weighted by Crippen LogP contribution is -2.31. The van der Waals surface area contributed by atoms with Gasteiger partial charge in [0.1, 0.15) is 11.3 Å². The Labute approximate surface area is 119 Å². The van der Waals surface area contributed by atoms with E-state index in [0.29, 0.717) is 13.1 Å². The van der Waals surface area contributed by atoms with Crippen LogP contribution in [0.4, 0.5) is 0 Å². The van der Waals surface area contributed by atoms with E-state index in [-0.39, 0.29) is 5.91 Å². The first-order valence-electron chi connectivity index (χ1n) is 7.16. The molecule has 0 aliphatic rings. The van der Waals surface area contributed by atoms with Crippen LogP contribution in [0.5, 0.6) is 0 Å². The van der Waals surface area contributed by atoms with Crippen LogP contribution in [0.1, 0.15) is 31.1 Å². The van der Waals surface area contributed by atoms with Gasteiger partial charge in [0.2, 0.25) is 5.91 Å². The summed E-state index contributed by atoms with van der Waals surface area (Å²) >= 11 is 0. The van der Waals surface area contributed by atoms with Crippen LogP contribution in [0.2, 0.25) is 0 Å². The van der Waals surface area contributed by atoms with E-state index < -0.39 is 0 Å². The van der Waals surface area contributed by atoms with Crippen molar-refractivity contribution in [2.24, 2.45) is 0 Å². The van der Waals surface area contributed by atoms with Gasteiger partial charge in [-0.3, -0.25) is 4.79 Å². The molecule has 4 heteroatoms. The van der Waals surface area contributed by atoms with Gasteiger partial charge in [0.25, 0.3) is 0 Å². The minimum absolute atomic E-state index is 0.00657. The predicted molar refractivity (Wildman–Crippen MR) is 80.6 cm³/mol. The largest absolute Gasteiger partial charge is 0.461 e. The second kappa shape index (κ2) is 7.10. The lowest BCUT2D eigenvalue weighted by atomic mass is 10.1. The Kier molecular flexibility index (Phi) is 5.18. The van der Waals surface area contributed by atoms with Gasteiger partial charge in [-0.2, -0.15) is 0 Å². The highest BCUT2D eigenvalue weighted by Crippen LogP contribution is 2.27. The summed E-state index contributed by atoms with van der Waals surface area (Å²) in [5.41, 5.74) is 2.10. The van der Waals surface area contributed by atoms with E-state index in [1.165, 1.54) is 5.56 Å². The molecule has 4 nitrogen and oxygen atoms in total. The predicted octanol–water partition coefficient (Wildman–Crippen LogP) is 2.61. The maximum Gasteiger partial charge on any atom is 0.233 e. The van der Waals surface area contributed by atoms with E-state index in [1.54, 1.807) is 7.05 Å². The van der Waals surface area contributed by atoms with Crippen molar-refractivity contribution in [3.63, 3.8) is 0 Å². The smallest absolute Gasteiger partial charge is 0.233 e. The molecule has 0 saturated heterocycles. The number of furan rings is 1. The number of nitrogens with one attached hydrogen (secondary N) is 2. The molecule has 108 valence electrons. The summed E-state index contributed by atoms with van der Waals surface area (Å²) in [4.78, 5) is 11.3. The number of para-hydroxylation sites is 1. The minimum Gasteiger partial charge on any atom is -0.461 e. The third-order valence-corrected chi connectivity index (χ3v) is 3.41. The second-order valence-corrected chi connectivity index (χ2v) is 4.88. The highest BCUT2D eigenvalue weighted by Gasteiger charge is 2.13. The molecular formula is C16H22N2O2. The normalized spacial score (nSPS) is 10.9. The molecule has 20 heavy (non-hydrogen) atoms. The molecule has 0 saturated carbocycles. The zero-order valence-corrected chi connectivity index (χ0v) is 12.2. The number of aryl methyl sites for hydroxylation is 1. The van der Waals surface area contributed by atoms with Crippen molar-refractivity contribution >= 4 is 16.9 Å². The first-order chi connectivity index (χ1) is 9.76. The number of fused-ring (bicyclic) bond motifs is 1. The highest BCUT2D eigenvalue weighted by atomic mass is 16.3. The number of amides is 1. The highest BCUT2D eigenvalue weighted by molar-refractivity contribution is 5.82. The standard InChI is InChI=1S/C16H22N2O2/c1-3-4-8-15-13(10-18-11-16(19)17-2)12-7-5-6-9-14(12)20-15/h5-7,9,18H,3-4,8,10-11H2,1-2H3,(H,17,19). The molecule has 2 aromatic rings. The number of benzene rings is 1. The Bertz CT molecular complexity index is 575. The average Bonchev–Trinajstić information content (AvgIpc) is 2.83. The van der Waals surface area contributed by atoms with E-state index in [2.05, 4.69) is 23.6 Å². The van der Waals surface area contributed by atoms with Crippen molar-refractivity contribution in [3.8, 4) is 0 Å². The van der Waals surface area contributed by atoms with Gasteiger partial charge in [0.15, 0.2) is 0 Å². The first kappa shape index (κ1) is 14.6. The molecule has 0 aliphatic carbocycles. The summed E-state index contributed by atoms with van der Waals surface area (Å²) in [7, 11) is 1.64. The van der Waals surface area contributed by atoms with Crippen molar-refractivity contribution in [1.82, 2.24) is 10.6 Å².